The van der Waals surface area contributed by atoms with Crippen LogP contribution in [0.25, 0.3) is 0 Å². The largest absolute Gasteiger partial charge is 0.329 e. The van der Waals surface area contributed by atoms with E-state index in [9.17, 15) is 0 Å². The van der Waals surface area contributed by atoms with Crippen molar-refractivity contribution < 1.29 is 0 Å². The minimum atomic E-state index is 0.0891. The van der Waals surface area contributed by atoms with E-state index in [1.54, 1.807) is 6.07 Å². The Bertz CT molecular complexity index is 391. The third-order valence-corrected chi connectivity index (χ3v) is 4.27. The summed E-state index contributed by atoms with van der Waals surface area (Å²) >= 11 is 12.1. The monoisotopic (exact) mass is 316 g/mol. The van der Waals surface area contributed by atoms with Crippen LogP contribution in [0, 0.1) is 17.8 Å². The van der Waals surface area contributed by atoms with Gasteiger partial charge in [-0.15, -0.1) is 0 Å². The van der Waals surface area contributed by atoms with Crippen LogP contribution < -0.4 is 11.1 Å². The number of rotatable bonds is 7. The lowest BCUT2D eigenvalue weighted by atomic mass is 9.85. The second kappa shape index (κ2) is 8.23. The van der Waals surface area contributed by atoms with Gasteiger partial charge >= 0.3 is 0 Å². The van der Waals surface area contributed by atoms with Gasteiger partial charge in [0.2, 0.25) is 0 Å². The van der Waals surface area contributed by atoms with Crippen LogP contribution in [0.4, 0.5) is 0 Å². The second-order valence-corrected chi connectivity index (χ2v) is 6.92. The Balaban J connectivity index is 2.76. The molecule has 1 unspecified atom stereocenters. The van der Waals surface area contributed by atoms with E-state index < -0.39 is 0 Å². The van der Waals surface area contributed by atoms with Gasteiger partial charge in [0.25, 0.3) is 0 Å². The van der Waals surface area contributed by atoms with Gasteiger partial charge in [-0.05, 0) is 48.1 Å². The quantitative estimate of drug-likeness (QED) is 0.776. The summed E-state index contributed by atoms with van der Waals surface area (Å²) in [6, 6.07) is 5.69. The molecule has 0 radical (unpaired) electrons. The smallest absolute Gasteiger partial charge is 0.0445 e. The fourth-order valence-corrected chi connectivity index (χ4v) is 3.18. The molecule has 0 aliphatic heterocycles. The third-order valence-electron chi connectivity index (χ3n) is 3.84. The highest BCUT2D eigenvalue weighted by Gasteiger charge is 2.19. The molecule has 1 rings (SSSR count). The molecule has 20 heavy (non-hydrogen) atoms. The zero-order chi connectivity index (χ0) is 15.3. The molecule has 0 spiro atoms. The zero-order valence-electron chi connectivity index (χ0n) is 12.8. The Morgan fingerprint density at radius 3 is 1.90 bits per heavy atom. The highest BCUT2D eigenvalue weighted by atomic mass is 35.5. The standard InChI is InChI=1S/C16H26Cl2N2/c1-10(2)15(11(3)4)9-20-16(8-19)12-5-13(17)7-14(18)6-12/h5-7,10-11,15-16,20H,8-9,19H2,1-4H3. The van der Waals surface area contributed by atoms with Crippen LogP contribution in [0.1, 0.15) is 39.3 Å². The summed E-state index contributed by atoms with van der Waals surface area (Å²) in [5.74, 6) is 1.91. The molecule has 0 bridgehead atoms. The van der Waals surface area contributed by atoms with Gasteiger partial charge in [0, 0.05) is 22.6 Å². The molecule has 0 saturated carbocycles. The van der Waals surface area contributed by atoms with Gasteiger partial charge in [-0.2, -0.15) is 0 Å². The first-order chi connectivity index (χ1) is 9.35. The number of halogens is 2. The first kappa shape index (κ1) is 17.8. The summed E-state index contributed by atoms with van der Waals surface area (Å²) in [5, 5.41) is 4.86. The maximum absolute atomic E-state index is 6.06. The van der Waals surface area contributed by atoms with E-state index in [2.05, 4.69) is 33.0 Å². The molecular formula is C16H26Cl2N2. The summed E-state index contributed by atoms with van der Waals surface area (Å²) in [5.41, 5.74) is 6.95. The van der Waals surface area contributed by atoms with Gasteiger partial charge in [-0.1, -0.05) is 50.9 Å². The summed E-state index contributed by atoms with van der Waals surface area (Å²) in [7, 11) is 0. The predicted molar refractivity (Wildman–Crippen MR) is 89.4 cm³/mol. The van der Waals surface area contributed by atoms with Crippen molar-refractivity contribution in [2.45, 2.75) is 33.7 Å². The van der Waals surface area contributed by atoms with E-state index in [-0.39, 0.29) is 6.04 Å². The number of hydrogen-bond acceptors (Lipinski definition) is 2. The summed E-state index contributed by atoms with van der Waals surface area (Å²) in [4.78, 5) is 0. The van der Waals surface area contributed by atoms with E-state index in [0.717, 1.165) is 12.1 Å². The first-order valence-electron chi connectivity index (χ1n) is 7.24. The summed E-state index contributed by atoms with van der Waals surface area (Å²) in [6.07, 6.45) is 0. The normalized spacial score (nSPS) is 13.5. The van der Waals surface area contributed by atoms with Gasteiger partial charge in [0.05, 0.1) is 0 Å². The van der Waals surface area contributed by atoms with Crippen LogP contribution in [0.5, 0.6) is 0 Å². The Morgan fingerprint density at radius 1 is 1.00 bits per heavy atom. The Hall–Kier alpha value is -0.280. The average Bonchev–Trinajstić information content (AvgIpc) is 2.32. The van der Waals surface area contributed by atoms with E-state index >= 15 is 0 Å². The van der Waals surface area contributed by atoms with Gasteiger partial charge < -0.3 is 11.1 Å². The van der Waals surface area contributed by atoms with Crippen LogP contribution in [0.2, 0.25) is 10.0 Å². The third kappa shape index (κ3) is 5.25. The molecule has 0 heterocycles. The van der Waals surface area contributed by atoms with E-state index in [0.29, 0.717) is 34.3 Å². The molecular weight excluding hydrogens is 291 g/mol. The number of nitrogens with one attached hydrogen (secondary N) is 1. The lowest BCUT2D eigenvalue weighted by Gasteiger charge is -2.28. The Labute approximate surface area is 133 Å². The average molecular weight is 317 g/mol. The van der Waals surface area contributed by atoms with Crippen LogP contribution in [0.15, 0.2) is 18.2 Å². The molecule has 1 atom stereocenters. The minimum absolute atomic E-state index is 0.0891. The van der Waals surface area contributed by atoms with Crippen molar-refractivity contribution in [1.82, 2.24) is 5.32 Å². The minimum Gasteiger partial charge on any atom is -0.329 e. The SMILES string of the molecule is CC(C)C(CNC(CN)c1cc(Cl)cc(Cl)c1)C(C)C. The van der Waals surface area contributed by atoms with Gasteiger partial charge in [0.15, 0.2) is 0 Å². The lowest BCUT2D eigenvalue weighted by molar-refractivity contribution is 0.266. The molecule has 0 fully saturated rings. The van der Waals surface area contributed by atoms with E-state index in [1.807, 2.05) is 12.1 Å². The van der Waals surface area contributed by atoms with E-state index in [4.69, 9.17) is 28.9 Å². The second-order valence-electron chi connectivity index (χ2n) is 6.05. The summed E-state index contributed by atoms with van der Waals surface area (Å²) < 4.78 is 0. The molecule has 2 nitrogen and oxygen atoms in total. The molecule has 3 N–H and O–H groups in total. The molecule has 0 saturated heterocycles. The fraction of sp³-hybridized carbons (Fsp3) is 0.625. The van der Waals surface area contributed by atoms with Crippen molar-refractivity contribution in [2.75, 3.05) is 13.1 Å². The van der Waals surface area contributed by atoms with Crippen molar-refractivity contribution in [3.8, 4) is 0 Å². The maximum Gasteiger partial charge on any atom is 0.0445 e. The molecule has 114 valence electrons. The van der Waals surface area contributed by atoms with E-state index in [1.165, 1.54) is 0 Å². The van der Waals surface area contributed by atoms with Crippen LogP contribution in [-0.4, -0.2) is 13.1 Å². The van der Waals surface area contributed by atoms with Crippen LogP contribution in [-0.2, 0) is 0 Å². The fourth-order valence-electron chi connectivity index (χ4n) is 2.63. The van der Waals surface area contributed by atoms with Crippen molar-refractivity contribution in [1.29, 1.82) is 0 Å². The Kier molecular flexibility index (Phi) is 7.32. The van der Waals surface area contributed by atoms with Crippen molar-refractivity contribution in [3.05, 3.63) is 33.8 Å². The topological polar surface area (TPSA) is 38.0 Å². The molecule has 1 aromatic carbocycles. The first-order valence-corrected chi connectivity index (χ1v) is 8.00. The molecule has 0 amide bonds. The molecule has 4 heteroatoms. The van der Waals surface area contributed by atoms with Crippen molar-refractivity contribution in [3.63, 3.8) is 0 Å². The predicted octanol–water partition coefficient (Wildman–Crippen LogP) is 4.51. The summed E-state index contributed by atoms with van der Waals surface area (Å²) in [6.45, 7) is 10.5. The molecule has 0 aliphatic rings. The van der Waals surface area contributed by atoms with Gasteiger partial charge in [0.1, 0.15) is 0 Å². The molecule has 1 aromatic rings. The molecule has 0 aromatic heterocycles. The van der Waals surface area contributed by atoms with Crippen LogP contribution >= 0.6 is 23.2 Å². The highest BCUT2D eigenvalue weighted by molar-refractivity contribution is 6.34. The highest BCUT2D eigenvalue weighted by Crippen LogP contribution is 2.25. The number of hydrogen-bond donors (Lipinski definition) is 2. The number of nitrogens with two attached hydrogens (primary N) is 1. The number of benzene rings is 1. The molecule has 0 aliphatic carbocycles. The lowest BCUT2D eigenvalue weighted by Crippen LogP contribution is -2.35. The zero-order valence-corrected chi connectivity index (χ0v) is 14.3. The Morgan fingerprint density at radius 2 is 1.50 bits per heavy atom. The van der Waals surface area contributed by atoms with Crippen molar-refractivity contribution in [2.24, 2.45) is 23.5 Å². The van der Waals surface area contributed by atoms with Gasteiger partial charge in [-0.25, -0.2) is 0 Å². The van der Waals surface area contributed by atoms with Gasteiger partial charge in [-0.3, -0.25) is 0 Å². The maximum atomic E-state index is 6.06. The van der Waals surface area contributed by atoms with Crippen molar-refractivity contribution >= 4 is 23.2 Å². The van der Waals surface area contributed by atoms with Crippen LogP contribution in [0.3, 0.4) is 0 Å².